The lowest BCUT2D eigenvalue weighted by Crippen LogP contribution is -2.74. The van der Waals surface area contributed by atoms with E-state index in [4.69, 9.17) is 37.9 Å². The van der Waals surface area contributed by atoms with Crippen LogP contribution in [0, 0.1) is 0 Å². The summed E-state index contributed by atoms with van der Waals surface area (Å²) >= 11 is 0. The minimum atomic E-state index is -1.87. The van der Waals surface area contributed by atoms with Gasteiger partial charge in [0.2, 0.25) is 6.10 Å². The van der Waals surface area contributed by atoms with Crippen molar-refractivity contribution < 1.29 is 67.0 Å². The zero-order chi connectivity index (χ0) is 39.5. The highest BCUT2D eigenvalue weighted by Crippen LogP contribution is 2.65. The van der Waals surface area contributed by atoms with Crippen molar-refractivity contribution in [2.45, 2.75) is 147 Å². The summed E-state index contributed by atoms with van der Waals surface area (Å²) in [4.78, 5) is 67.1. The quantitative estimate of drug-likeness (QED) is 0.217. The van der Waals surface area contributed by atoms with Gasteiger partial charge in [-0.1, -0.05) is 6.07 Å². The predicted octanol–water partition coefficient (Wildman–Crippen LogP) is 4.81. The number of likely N-dealkylation sites (tertiary alicyclic amines) is 1. The number of carbonyl (C=O) groups excluding carboxylic acids is 5. The molecule has 2 aliphatic carbocycles. The molecule has 0 radical (unpaired) electrons. The fourth-order valence-electron chi connectivity index (χ4n) is 7.44. The van der Waals surface area contributed by atoms with Gasteiger partial charge in [-0.05, 0) is 113 Å². The molecule has 0 amide bonds. The van der Waals surface area contributed by atoms with Gasteiger partial charge >= 0.3 is 30.2 Å². The molecule has 1 saturated heterocycles. The third-order valence-electron chi connectivity index (χ3n) is 9.43. The number of rotatable bonds is 8. The summed E-state index contributed by atoms with van der Waals surface area (Å²) in [6.45, 7) is 16.7. The van der Waals surface area contributed by atoms with Crippen molar-refractivity contribution in [1.29, 1.82) is 0 Å². The van der Waals surface area contributed by atoms with Crippen molar-refractivity contribution >= 4 is 30.2 Å². The van der Waals surface area contributed by atoms with Crippen molar-refractivity contribution in [3.8, 4) is 11.5 Å². The molecule has 1 N–H and O–H groups in total. The maximum atomic E-state index is 13.9. The number of esters is 3. The Morgan fingerprint density at radius 3 is 2.13 bits per heavy atom. The van der Waals surface area contributed by atoms with Gasteiger partial charge in [0.25, 0.3) is 0 Å². The van der Waals surface area contributed by atoms with E-state index in [1.54, 1.807) is 74.5 Å². The molecule has 15 nitrogen and oxygen atoms in total. The summed E-state index contributed by atoms with van der Waals surface area (Å²) in [5.74, 6) is -2.74. The number of likely N-dealkylation sites (N-methyl/N-ethyl adjacent to an activating group) is 1. The molecular formula is C38H51NO14. The maximum Gasteiger partial charge on any atom is 0.514 e. The first-order chi connectivity index (χ1) is 24.3. The SMILES string of the molecule is C[C@H](OC(=O)C[C@H](OC(=O)OC(C)(C)C)C(=O)OC1=CC[C@@]2(O)[C@@H]3Cc4ccc(OC(=O)OC(C)(C)C)c5c4[C@@]2(CCN3C)[C@H]1O5)C(=O)OC(C)(C)C. The van der Waals surface area contributed by atoms with E-state index in [1.165, 1.54) is 6.92 Å². The van der Waals surface area contributed by atoms with Gasteiger partial charge in [-0.2, -0.15) is 0 Å². The summed E-state index contributed by atoms with van der Waals surface area (Å²) in [6.07, 6.45) is -4.83. The van der Waals surface area contributed by atoms with Gasteiger partial charge < -0.3 is 47.9 Å². The Morgan fingerprint density at radius 1 is 0.887 bits per heavy atom. The average molecular weight is 746 g/mol. The van der Waals surface area contributed by atoms with Crippen LogP contribution in [0.4, 0.5) is 9.59 Å². The van der Waals surface area contributed by atoms with Crippen LogP contribution in [0.25, 0.3) is 0 Å². The third kappa shape index (κ3) is 8.10. The molecule has 2 heterocycles. The highest BCUT2D eigenvalue weighted by molar-refractivity contribution is 5.86. The van der Waals surface area contributed by atoms with E-state index in [-0.39, 0.29) is 29.7 Å². The first-order valence-corrected chi connectivity index (χ1v) is 17.7. The molecule has 292 valence electrons. The summed E-state index contributed by atoms with van der Waals surface area (Å²) < 4.78 is 44.5. The lowest BCUT2D eigenvalue weighted by Gasteiger charge is -2.61. The summed E-state index contributed by atoms with van der Waals surface area (Å²) in [5.41, 5.74) is -3.66. The van der Waals surface area contributed by atoms with E-state index >= 15 is 0 Å². The number of hydrogen-bond acceptors (Lipinski definition) is 15. The number of hydrogen-bond donors (Lipinski definition) is 1. The predicted molar refractivity (Wildman–Crippen MR) is 185 cm³/mol. The highest BCUT2D eigenvalue weighted by atomic mass is 16.7. The van der Waals surface area contributed by atoms with Crippen LogP contribution in [0.3, 0.4) is 0 Å². The number of piperidine rings is 1. The molecule has 2 bridgehead atoms. The summed E-state index contributed by atoms with van der Waals surface area (Å²) in [5, 5.41) is 12.6. The third-order valence-corrected chi connectivity index (χ3v) is 9.43. The fourth-order valence-corrected chi connectivity index (χ4v) is 7.44. The fraction of sp³-hybridized carbons (Fsp3) is 0.658. The largest absolute Gasteiger partial charge is 0.514 e. The van der Waals surface area contributed by atoms with Crippen molar-refractivity contribution in [3.63, 3.8) is 0 Å². The Balaban J connectivity index is 1.45. The number of aliphatic hydroxyl groups is 1. The molecule has 5 rings (SSSR count). The van der Waals surface area contributed by atoms with Gasteiger partial charge in [-0.3, -0.25) is 4.79 Å². The van der Waals surface area contributed by atoms with Crippen LogP contribution in [0.5, 0.6) is 11.5 Å². The molecular weight excluding hydrogens is 694 g/mol. The zero-order valence-electron chi connectivity index (χ0n) is 32.3. The lowest BCUT2D eigenvalue weighted by molar-refractivity contribution is -0.178. The van der Waals surface area contributed by atoms with E-state index in [9.17, 15) is 29.1 Å². The van der Waals surface area contributed by atoms with Gasteiger partial charge in [0.05, 0.1) is 17.4 Å². The lowest BCUT2D eigenvalue weighted by atomic mass is 9.50. The molecule has 1 fully saturated rings. The van der Waals surface area contributed by atoms with E-state index < -0.39 is 82.8 Å². The second kappa shape index (κ2) is 13.8. The Morgan fingerprint density at radius 2 is 1.51 bits per heavy atom. The smallest absolute Gasteiger partial charge is 0.477 e. The normalized spacial score (nSPS) is 25.7. The standard InChI is InChI=1S/C38H51NO14/c1-20(30(41)51-34(2,3)4)46-26(40)19-24(49-33(44)53-36(8,9)10)31(42)47-23-14-15-38(45)25-18-21-12-13-22(48-32(43)52-35(5,6)7)28-27(21)37(38,29(23)50-28)16-17-39(25)11/h12-14,20,24-25,29,45H,15-19H2,1-11H3/t20-,24-,25-,29-,37-,38+/m0/s1. The number of carbonyl (C=O) groups is 5. The first-order valence-electron chi connectivity index (χ1n) is 17.7. The molecule has 6 atom stereocenters. The van der Waals surface area contributed by atoms with Gasteiger partial charge in [-0.25, -0.2) is 19.2 Å². The van der Waals surface area contributed by atoms with E-state index in [2.05, 4.69) is 4.90 Å². The Bertz CT molecular complexity index is 1700. The molecule has 0 unspecified atom stereocenters. The molecule has 2 aliphatic heterocycles. The average Bonchev–Trinajstić information content (AvgIpc) is 3.34. The first kappa shape index (κ1) is 39.8. The zero-order valence-corrected chi connectivity index (χ0v) is 32.3. The second-order valence-corrected chi connectivity index (χ2v) is 17.0. The molecule has 15 heteroatoms. The Labute approximate surface area is 309 Å². The number of benzene rings is 1. The second-order valence-electron chi connectivity index (χ2n) is 17.0. The van der Waals surface area contributed by atoms with Crippen molar-refractivity contribution in [3.05, 3.63) is 35.1 Å². The van der Waals surface area contributed by atoms with E-state index in [1.807, 2.05) is 13.1 Å². The van der Waals surface area contributed by atoms with Crippen LogP contribution in [-0.2, 0) is 54.6 Å². The molecule has 0 aromatic heterocycles. The number of ether oxygens (including phenoxy) is 8. The van der Waals surface area contributed by atoms with Crippen molar-refractivity contribution in [2.75, 3.05) is 13.6 Å². The number of nitrogens with zero attached hydrogens (tertiary/aromatic N) is 1. The topological polar surface area (TPSA) is 183 Å². The van der Waals surface area contributed by atoms with Gasteiger partial charge in [0.1, 0.15) is 22.6 Å². The van der Waals surface area contributed by atoms with Gasteiger partial charge in [0, 0.05) is 18.0 Å². The highest BCUT2D eigenvalue weighted by Gasteiger charge is 2.72. The van der Waals surface area contributed by atoms with Crippen LogP contribution in [0.15, 0.2) is 24.0 Å². The molecule has 0 saturated carbocycles. The van der Waals surface area contributed by atoms with Crippen LogP contribution < -0.4 is 9.47 Å². The Hall–Kier alpha value is -4.37. The van der Waals surface area contributed by atoms with Gasteiger partial charge in [0.15, 0.2) is 23.7 Å². The van der Waals surface area contributed by atoms with Crippen LogP contribution >= 0.6 is 0 Å². The van der Waals surface area contributed by atoms with E-state index in [0.29, 0.717) is 24.9 Å². The molecule has 1 aromatic carbocycles. The molecule has 4 aliphatic rings. The molecule has 53 heavy (non-hydrogen) atoms. The van der Waals surface area contributed by atoms with Crippen LogP contribution in [0.2, 0.25) is 0 Å². The van der Waals surface area contributed by atoms with Crippen molar-refractivity contribution in [2.24, 2.45) is 0 Å². The van der Waals surface area contributed by atoms with Gasteiger partial charge in [-0.15, -0.1) is 0 Å². The van der Waals surface area contributed by atoms with E-state index in [0.717, 1.165) is 5.56 Å². The maximum absolute atomic E-state index is 13.9. The Kier molecular flexibility index (Phi) is 10.4. The van der Waals surface area contributed by atoms with Crippen LogP contribution in [0.1, 0.15) is 99.6 Å². The van der Waals surface area contributed by atoms with Crippen molar-refractivity contribution in [1.82, 2.24) is 4.90 Å². The molecule has 1 aromatic rings. The summed E-state index contributed by atoms with van der Waals surface area (Å²) in [7, 11) is 1.94. The minimum Gasteiger partial charge on any atom is -0.477 e. The van der Waals surface area contributed by atoms with Crippen LogP contribution in [-0.4, -0.2) is 101 Å². The monoisotopic (exact) mass is 745 g/mol. The molecule has 1 spiro atoms. The minimum absolute atomic E-state index is 0.00326. The summed E-state index contributed by atoms with van der Waals surface area (Å²) in [6, 6.07) is 3.11.